The Morgan fingerprint density at radius 2 is 1.95 bits per heavy atom. The lowest BCUT2D eigenvalue weighted by atomic mass is 9.93. The van der Waals surface area contributed by atoms with Gasteiger partial charge in [-0.05, 0) is 43.4 Å². The maximum Gasteiger partial charge on any atom is 0.251 e. The van der Waals surface area contributed by atoms with E-state index in [-0.39, 0.29) is 18.1 Å². The molecule has 1 aliphatic carbocycles. The number of aliphatic hydroxyl groups is 1. The Hall–Kier alpha value is -1.88. The first-order valence-electron chi connectivity index (χ1n) is 6.84. The Balaban J connectivity index is 1.90. The molecule has 1 aromatic carbocycles. The van der Waals surface area contributed by atoms with E-state index < -0.39 is 0 Å². The van der Waals surface area contributed by atoms with Gasteiger partial charge in [-0.3, -0.25) is 4.79 Å². The molecule has 0 bridgehead atoms. The standard InChI is InChI=1S/C15H20N2O3/c1-20-16-10-11-2-4-12(5-3-11)15(19)17-13-6-8-14(18)9-7-13/h2-5,10,13-14,18H,6-9H2,1H3,(H,17,19). The largest absolute Gasteiger partial charge is 0.399 e. The zero-order valence-electron chi connectivity index (χ0n) is 11.6. The Morgan fingerprint density at radius 1 is 1.30 bits per heavy atom. The van der Waals surface area contributed by atoms with E-state index in [0.29, 0.717) is 5.56 Å². The van der Waals surface area contributed by atoms with Crippen molar-refractivity contribution in [1.82, 2.24) is 5.32 Å². The molecule has 0 aromatic heterocycles. The van der Waals surface area contributed by atoms with Gasteiger partial charge in [0, 0.05) is 11.6 Å². The van der Waals surface area contributed by atoms with Crippen LogP contribution in [-0.4, -0.2) is 36.5 Å². The van der Waals surface area contributed by atoms with Crippen LogP contribution in [0.15, 0.2) is 29.4 Å². The van der Waals surface area contributed by atoms with Crippen molar-refractivity contribution in [2.24, 2.45) is 5.16 Å². The third-order valence-electron chi connectivity index (χ3n) is 3.51. The van der Waals surface area contributed by atoms with E-state index in [1.54, 1.807) is 18.3 Å². The average molecular weight is 276 g/mol. The smallest absolute Gasteiger partial charge is 0.251 e. The summed E-state index contributed by atoms with van der Waals surface area (Å²) in [4.78, 5) is 16.7. The lowest BCUT2D eigenvalue weighted by Crippen LogP contribution is -2.38. The predicted octanol–water partition coefficient (Wildman–Crippen LogP) is 1.70. The molecule has 1 fully saturated rings. The SMILES string of the molecule is CON=Cc1ccc(C(=O)NC2CCC(O)CC2)cc1. The van der Waals surface area contributed by atoms with Gasteiger partial charge in [-0.2, -0.15) is 0 Å². The van der Waals surface area contributed by atoms with Gasteiger partial charge in [-0.25, -0.2) is 0 Å². The molecule has 0 atom stereocenters. The van der Waals surface area contributed by atoms with E-state index in [2.05, 4.69) is 15.3 Å². The van der Waals surface area contributed by atoms with Gasteiger partial charge >= 0.3 is 0 Å². The minimum Gasteiger partial charge on any atom is -0.399 e. The molecule has 0 heterocycles. The Morgan fingerprint density at radius 3 is 2.55 bits per heavy atom. The Bertz CT molecular complexity index is 463. The molecule has 0 radical (unpaired) electrons. The van der Waals surface area contributed by atoms with Crippen LogP contribution in [0.1, 0.15) is 41.6 Å². The highest BCUT2D eigenvalue weighted by Crippen LogP contribution is 2.18. The van der Waals surface area contributed by atoms with Crippen LogP contribution in [0, 0.1) is 0 Å². The van der Waals surface area contributed by atoms with Crippen molar-refractivity contribution in [2.45, 2.75) is 37.8 Å². The molecular weight excluding hydrogens is 256 g/mol. The number of amides is 1. The summed E-state index contributed by atoms with van der Waals surface area (Å²) in [6.45, 7) is 0. The first-order valence-corrected chi connectivity index (χ1v) is 6.84. The summed E-state index contributed by atoms with van der Waals surface area (Å²) in [5, 5.41) is 16.1. The minimum atomic E-state index is -0.206. The fraction of sp³-hybridized carbons (Fsp3) is 0.467. The fourth-order valence-corrected chi connectivity index (χ4v) is 2.32. The number of rotatable bonds is 4. The van der Waals surface area contributed by atoms with Gasteiger partial charge in [0.25, 0.3) is 5.91 Å². The number of oxime groups is 1. The van der Waals surface area contributed by atoms with Crippen LogP contribution in [0.2, 0.25) is 0 Å². The number of hydrogen-bond acceptors (Lipinski definition) is 4. The van der Waals surface area contributed by atoms with Crippen molar-refractivity contribution in [2.75, 3.05) is 7.11 Å². The Labute approximate surface area is 118 Å². The quantitative estimate of drug-likeness (QED) is 0.649. The van der Waals surface area contributed by atoms with E-state index in [4.69, 9.17) is 0 Å². The summed E-state index contributed by atoms with van der Waals surface area (Å²) < 4.78 is 0. The zero-order chi connectivity index (χ0) is 14.4. The second-order valence-electron chi connectivity index (χ2n) is 5.02. The van der Waals surface area contributed by atoms with Gasteiger partial charge in [-0.15, -0.1) is 0 Å². The highest BCUT2D eigenvalue weighted by Gasteiger charge is 2.21. The number of aliphatic hydroxyl groups excluding tert-OH is 1. The molecule has 0 saturated heterocycles. The van der Waals surface area contributed by atoms with Crippen molar-refractivity contribution < 1.29 is 14.7 Å². The van der Waals surface area contributed by atoms with Crippen LogP contribution in [0.25, 0.3) is 0 Å². The molecule has 0 aliphatic heterocycles. The normalized spacial score (nSPS) is 22.7. The number of hydrogen-bond donors (Lipinski definition) is 2. The maximum absolute atomic E-state index is 12.1. The number of nitrogens with zero attached hydrogens (tertiary/aromatic N) is 1. The van der Waals surface area contributed by atoms with Crippen LogP contribution in [0.3, 0.4) is 0 Å². The van der Waals surface area contributed by atoms with Gasteiger partial charge in [0.2, 0.25) is 0 Å². The zero-order valence-corrected chi connectivity index (χ0v) is 11.6. The van der Waals surface area contributed by atoms with Crippen LogP contribution in [0.4, 0.5) is 0 Å². The highest BCUT2D eigenvalue weighted by molar-refractivity contribution is 5.95. The van der Waals surface area contributed by atoms with E-state index in [1.807, 2.05) is 12.1 Å². The van der Waals surface area contributed by atoms with Gasteiger partial charge < -0.3 is 15.3 Å². The van der Waals surface area contributed by atoms with Gasteiger partial charge in [-0.1, -0.05) is 17.3 Å². The summed E-state index contributed by atoms with van der Waals surface area (Å²) in [7, 11) is 1.49. The average Bonchev–Trinajstić information content (AvgIpc) is 2.48. The van der Waals surface area contributed by atoms with Gasteiger partial charge in [0.05, 0.1) is 12.3 Å². The van der Waals surface area contributed by atoms with E-state index in [1.165, 1.54) is 7.11 Å². The molecule has 5 nitrogen and oxygen atoms in total. The van der Waals surface area contributed by atoms with Crippen LogP contribution in [-0.2, 0) is 4.84 Å². The second kappa shape index (κ2) is 7.05. The van der Waals surface area contributed by atoms with Gasteiger partial charge in [0.1, 0.15) is 7.11 Å². The third-order valence-corrected chi connectivity index (χ3v) is 3.51. The molecule has 0 unspecified atom stereocenters. The van der Waals surface area contributed by atoms with E-state index in [0.717, 1.165) is 31.2 Å². The van der Waals surface area contributed by atoms with Crippen molar-refractivity contribution in [1.29, 1.82) is 0 Å². The van der Waals surface area contributed by atoms with Gasteiger partial charge in [0.15, 0.2) is 0 Å². The number of carbonyl (C=O) groups excluding carboxylic acids is 1. The highest BCUT2D eigenvalue weighted by atomic mass is 16.6. The molecule has 2 rings (SSSR count). The molecule has 2 N–H and O–H groups in total. The second-order valence-corrected chi connectivity index (χ2v) is 5.02. The summed E-state index contributed by atoms with van der Waals surface area (Å²) >= 11 is 0. The third kappa shape index (κ3) is 4.06. The van der Waals surface area contributed by atoms with Crippen molar-refractivity contribution >= 4 is 12.1 Å². The van der Waals surface area contributed by atoms with E-state index in [9.17, 15) is 9.90 Å². The molecule has 1 saturated carbocycles. The van der Waals surface area contributed by atoms with Crippen LogP contribution >= 0.6 is 0 Å². The molecule has 1 amide bonds. The van der Waals surface area contributed by atoms with Crippen LogP contribution in [0.5, 0.6) is 0 Å². The number of nitrogens with one attached hydrogen (secondary N) is 1. The monoisotopic (exact) mass is 276 g/mol. The topological polar surface area (TPSA) is 70.9 Å². The Kier molecular flexibility index (Phi) is 5.12. The maximum atomic E-state index is 12.1. The summed E-state index contributed by atoms with van der Waals surface area (Å²) in [5.41, 5.74) is 1.51. The number of carbonyl (C=O) groups is 1. The lowest BCUT2D eigenvalue weighted by Gasteiger charge is -2.26. The first-order chi connectivity index (χ1) is 9.69. The molecule has 20 heavy (non-hydrogen) atoms. The minimum absolute atomic E-state index is 0.0679. The molecule has 108 valence electrons. The first kappa shape index (κ1) is 14.5. The van der Waals surface area contributed by atoms with E-state index >= 15 is 0 Å². The molecule has 5 heteroatoms. The molecular formula is C15H20N2O3. The summed E-state index contributed by atoms with van der Waals surface area (Å²) in [6, 6.07) is 7.35. The van der Waals surface area contributed by atoms with Crippen LogP contribution < -0.4 is 5.32 Å². The van der Waals surface area contributed by atoms with Crippen molar-refractivity contribution in [3.63, 3.8) is 0 Å². The molecule has 0 spiro atoms. The predicted molar refractivity (Wildman–Crippen MR) is 76.8 cm³/mol. The lowest BCUT2D eigenvalue weighted by molar-refractivity contribution is 0.0867. The number of benzene rings is 1. The molecule has 1 aliphatic rings. The molecule has 1 aromatic rings. The summed E-state index contributed by atoms with van der Waals surface area (Å²) in [6.07, 6.45) is 4.58. The van der Waals surface area contributed by atoms with Crippen molar-refractivity contribution in [3.8, 4) is 0 Å². The fourth-order valence-electron chi connectivity index (χ4n) is 2.32. The summed E-state index contributed by atoms with van der Waals surface area (Å²) in [5.74, 6) is -0.0679. The van der Waals surface area contributed by atoms with Crippen molar-refractivity contribution in [3.05, 3.63) is 35.4 Å².